The van der Waals surface area contributed by atoms with Crippen molar-refractivity contribution in [1.29, 1.82) is 0 Å². The van der Waals surface area contributed by atoms with Gasteiger partial charge >= 0.3 is 5.97 Å². The van der Waals surface area contributed by atoms with Crippen LogP contribution in [0.15, 0.2) is 18.2 Å². The molecule has 4 aliphatic carbocycles. The molecule has 1 amide bonds. The van der Waals surface area contributed by atoms with Crippen LogP contribution in [0.2, 0.25) is 0 Å². The van der Waals surface area contributed by atoms with E-state index in [2.05, 4.69) is 5.32 Å². The second-order valence-corrected chi connectivity index (χ2v) is 9.14. The number of nitrogens with one attached hydrogen (secondary N) is 1. The first kappa shape index (κ1) is 20.6. The molecular formula is C21H26N2O7. The summed E-state index contributed by atoms with van der Waals surface area (Å²) < 4.78 is 10.7. The lowest BCUT2D eigenvalue weighted by atomic mass is 9.48. The van der Waals surface area contributed by atoms with Gasteiger partial charge in [0.15, 0.2) is 6.10 Å². The molecule has 9 heteroatoms. The van der Waals surface area contributed by atoms with Crippen LogP contribution in [0.1, 0.15) is 45.4 Å². The molecular weight excluding hydrogens is 392 g/mol. The van der Waals surface area contributed by atoms with Crippen molar-refractivity contribution in [1.82, 2.24) is 0 Å². The molecule has 162 valence electrons. The van der Waals surface area contributed by atoms with E-state index in [1.54, 1.807) is 0 Å². The molecule has 5 rings (SSSR count). The van der Waals surface area contributed by atoms with E-state index in [1.807, 2.05) is 0 Å². The van der Waals surface area contributed by atoms with Gasteiger partial charge in [0.2, 0.25) is 0 Å². The lowest BCUT2D eigenvalue weighted by molar-refractivity contribution is -0.384. The topological polar surface area (TPSA) is 128 Å². The minimum Gasteiger partial charge on any atom is -0.495 e. The molecule has 4 saturated carbocycles. The number of ether oxygens (including phenoxy) is 2. The number of esters is 1. The predicted octanol–water partition coefficient (Wildman–Crippen LogP) is 2.80. The summed E-state index contributed by atoms with van der Waals surface area (Å²) >= 11 is 0. The van der Waals surface area contributed by atoms with E-state index < -0.39 is 33.9 Å². The second-order valence-electron chi connectivity index (χ2n) is 9.14. The van der Waals surface area contributed by atoms with E-state index in [-0.39, 0.29) is 17.1 Å². The molecule has 4 aliphatic rings. The molecule has 4 bridgehead atoms. The number of aliphatic hydroxyl groups is 1. The van der Waals surface area contributed by atoms with Crippen molar-refractivity contribution in [3.63, 3.8) is 0 Å². The maximum Gasteiger partial charge on any atom is 0.312 e. The maximum absolute atomic E-state index is 13.0. The first-order valence-corrected chi connectivity index (χ1v) is 10.2. The minimum atomic E-state index is -1.09. The fraction of sp³-hybridized carbons (Fsp3) is 0.619. The summed E-state index contributed by atoms with van der Waals surface area (Å²) in [7, 11) is 1.39. The zero-order valence-electron chi connectivity index (χ0n) is 17.1. The van der Waals surface area contributed by atoms with E-state index in [9.17, 15) is 24.8 Å². The number of amides is 1. The van der Waals surface area contributed by atoms with Crippen molar-refractivity contribution < 1.29 is 29.1 Å². The van der Waals surface area contributed by atoms with Crippen LogP contribution in [0.3, 0.4) is 0 Å². The Balaban J connectivity index is 1.45. The molecule has 30 heavy (non-hydrogen) atoms. The highest BCUT2D eigenvalue weighted by atomic mass is 16.6. The highest BCUT2D eigenvalue weighted by Gasteiger charge is 2.61. The quantitative estimate of drug-likeness (QED) is 0.413. The zero-order valence-corrected chi connectivity index (χ0v) is 17.1. The zero-order chi connectivity index (χ0) is 21.7. The second kappa shape index (κ2) is 7.23. The van der Waals surface area contributed by atoms with Gasteiger partial charge in [-0.1, -0.05) is 0 Å². The summed E-state index contributed by atoms with van der Waals surface area (Å²) in [5.41, 5.74) is -1.59. The molecule has 2 unspecified atom stereocenters. The standard InChI is InChI=1S/C21H26N2O7/c1-12(18(24)22-16-6-15(23(27)28)3-4-17(16)29-2)30-19(25)20-7-13-5-14(8-20)10-21(26,9-13)11-20/h3-4,6,12-14,26H,5,7-11H2,1-2H3,(H,22,24)/t12-,13-,14+,20?,21?/m0/s1. The number of methoxy groups -OCH3 is 1. The highest BCUT2D eigenvalue weighted by molar-refractivity contribution is 5.97. The Bertz CT molecular complexity index is 885. The van der Waals surface area contributed by atoms with E-state index in [4.69, 9.17) is 9.47 Å². The molecule has 5 atom stereocenters. The largest absolute Gasteiger partial charge is 0.495 e. The SMILES string of the molecule is COc1ccc([N+](=O)[O-])cc1NC(=O)[C@H](C)OC(=O)C12C[C@@H]3C[C@@H](CC(O)(C3)C1)C2. The van der Waals surface area contributed by atoms with Gasteiger partial charge in [-0.3, -0.25) is 19.7 Å². The van der Waals surface area contributed by atoms with Crippen molar-refractivity contribution in [2.24, 2.45) is 17.3 Å². The van der Waals surface area contributed by atoms with Crippen LogP contribution in [0, 0.1) is 27.4 Å². The van der Waals surface area contributed by atoms with Crippen molar-refractivity contribution in [3.8, 4) is 5.75 Å². The number of nitrogens with zero attached hydrogens (tertiary/aromatic N) is 1. The third-order valence-corrected chi connectivity index (χ3v) is 6.77. The molecule has 0 heterocycles. The number of benzene rings is 1. The van der Waals surface area contributed by atoms with Crippen molar-refractivity contribution in [3.05, 3.63) is 28.3 Å². The Morgan fingerprint density at radius 1 is 1.27 bits per heavy atom. The predicted molar refractivity (Wildman–Crippen MR) is 106 cm³/mol. The van der Waals surface area contributed by atoms with Gasteiger partial charge in [-0.25, -0.2) is 0 Å². The summed E-state index contributed by atoms with van der Waals surface area (Å²) in [5.74, 6) is -0.144. The molecule has 9 nitrogen and oxygen atoms in total. The van der Waals surface area contributed by atoms with Gasteiger partial charge in [-0.05, 0) is 63.4 Å². The molecule has 4 fully saturated rings. The molecule has 2 N–H and O–H groups in total. The molecule has 1 aromatic rings. The number of rotatable bonds is 6. The van der Waals surface area contributed by atoms with Gasteiger partial charge in [-0.15, -0.1) is 0 Å². The van der Waals surface area contributed by atoms with E-state index in [0.29, 0.717) is 31.1 Å². The fourth-order valence-corrected chi connectivity index (χ4v) is 5.93. The number of non-ortho nitro benzene ring substituents is 1. The monoisotopic (exact) mass is 418 g/mol. The Morgan fingerprint density at radius 2 is 1.93 bits per heavy atom. The Morgan fingerprint density at radius 3 is 2.50 bits per heavy atom. The summed E-state index contributed by atoms with van der Waals surface area (Å²) in [6.45, 7) is 1.46. The van der Waals surface area contributed by atoms with E-state index in [1.165, 1.54) is 32.2 Å². The molecule has 0 spiro atoms. The van der Waals surface area contributed by atoms with Crippen LogP contribution in [0.25, 0.3) is 0 Å². The van der Waals surface area contributed by atoms with E-state index >= 15 is 0 Å². The molecule has 0 aliphatic heterocycles. The van der Waals surface area contributed by atoms with Gasteiger partial charge in [0, 0.05) is 12.1 Å². The van der Waals surface area contributed by atoms with Crippen molar-refractivity contribution in [2.45, 2.75) is 57.2 Å². The number of carbonyl (C=O) groups is 2. The average Bonchev–Trinajstić information content (AvgIpc) is 2.65. The van der Waals surface area contributed by atoms with Gasteiger partial charge < -0.3 is 19.9 Å². The molecule has 0 saturated heterocycles. The number of hydrogen-bond acceptors (Lipinski definition) is 7. The summed E-state index contributed by atoms with van der Waals surface area (Å²) in [6, 6.07) is 3.86. The normalized spacial score (nSPS) is 32.4. The summed E-state index contributed by atoms with van der Waals surface area (Å²) in [5, 5.41) is 24.4. The van der Waals surface area contributed by atoms with Crippen molar-refractivity contribution in [2.75, 3.05) is 12.4 Å². The lowest BCUT2D eigenvalue weighted by Gasteiger charge is -2.58. The van der Waals surface area contributed by atoms with Crippen LogP contribution in [0.5, 0.6) is 5.75 Å². The van der Waals surface area contributed by atoms with Gasteiger partial charge in [0.05, 0.1) is 28.7 Å². The van der Waals surface area contributed by atoms with Gasteiger partial charge in [0.1, 0.15) is 5.75 Å². The van der Waals surface area contributed by atoms with Crippen LogP contribution in [0.4, 0.5) is 11.4 Å². The van der Waals surface area contributed by atoms with E-state index in [0.717, 1.165) is 19.3 Å². The van der Waals surface area contributed by atoms with Crippen LogP contribution in [-0.2, 0) is 14.3 Å². The first-order chi connectivity index (χ1) is 14.1. The maximum atomic E-state index is 13.0. The molecule has 1 aromatic carbocycles. The first-order valence-electron chi connectivity index (χ1n) is 10.2. The molecule has 0 aromatic heterocycles. The fourth-order valence-electron chi connectivity index (χ4n) is 5.93. The Labute approximate surface area is 173 Å². The number of nitro groups is 1. The van der Waals surface area contributed by atoms with Crippen LogP contribution >= 0.6 is 0 Å². The van der Waals surface area contributed by atoms with Gasteiger partial charge in [0.25, 0.3) is 11.6 Å². The summed E-state index contributed by atoms with van der Waals surface area (Å²) in [4.78, 5) is 36.1. The number of carbonyl (C=O) groups excluding carboxylic acids is 2. The minimum absolute atomic E-state index is 0.128. The van der Waals surface area contributed by atoms with Crippen LogP contribution in [-0.4, -0.2) is 40.7 Å². The van der Waals surface area contributed by atoms with Crippen LogP contribution < -0.4 is 10.1 Å². The third kappa shape index (κ3) is 3.62. The smallest absolute Gasteiger partial charge is 0.312 e. The number of hydrogen-bond donors (Lipinski definition) is 2. The average molecular weight is 418 g/mol. The molecule has 0 radical (unpaired) electrons. The van der Waals surface area contributed by atoms with Crippen molar-refractivity contribution >= 4 is 23.3 Å². The summed E-state index contributed by atoms with van der Waals surface area (Å²) in [6.07, 6.45) is 3.19. The number of anilines is 1. The number of nitro benzene ring substituents is 1. The highest BCUT2D eigenvalue weighted by Crippen LogP contribution is 2.62. The lowest BCUT2D eigenvalue weighted by Crippen LogP contribution is -2.59. The Hall–Kier alpha value is -2.68. The van der Waals surface area contributed by atoms with Gasteiger partial charge in [-0.2, -0.15) is 0 Å². The Kier molecular flexibility index (Phi) is 4.96. The third-order valence-electron chi connectivity index (χ3n) is 6.77.